The Bertz CT molecular complexity index is 697. The average molecular weight is 343 g/mol. The Morgan fingerprint density at radius 1 is 1.05 bits per heavy atom. The quantitative estimate of drug-likeness (QED) is 0.609. The molecule has 2 aromatic carbocycles. The highest BCUT2D eigenvalue weighted by molar-refractivity contribution is 6.36. The van der Waals surface area contributed by atoms with E-state index < -0.39 is 5.91 Å². The highest BCUT2D eigenvalue weighted by atomic mass is 35.5. The average Bonchev–Trinajstić information content (AvgIpc) is 2.43. The molecule has 21 heavy (non-hydrogen) atoms. The lowest BCUT2D eigenvalue weighted by Crippen LogP contribution is -2.08. The van der Waals surface area contributed by atoms with Crippen LogP contribution in [0.25, 0.3) is 6.08 Å². The first-order valence-electron chi connectivity index (χ1n) is 5.88. The van der Waals surface area contributed by atoms with Gasteiger partial charge in [0.25, 0.3) is 0 Å². The van der Waals surface area contributed by atoms with E-state index in [0.29, 0.717) is 10.0 Å². The first-order valence-corrected chi connectivity index (χ1v) is 7.02. The normalized spacial score (nSPS) is 10.8. The topological polar surface area (TPSA) is 49.3 Å². The minimum absolute atomic E-state index is 0.0690. The summed E-state index contributed by atoms with van der Waals surface area (Å²) in [6, 6.07) is 9.80. The molecule has 108 valence electrons. The minimum atomic E-state index is -0.418. The van der Waals surface area contributed by atoms with Crippen molar-refractivity contribution < 1.29 is 9.90 Å². The van der Waals surface area contributed by atoms with Crippen molar-refractivity contribution >= 4 is 52.5 Å². The maximum Gasteiger partial charge on any atom is 0.248 e. The molecule has 2 N–H and O–H groups in total. The molecule has 0 aliphatic carbocycles. The van der Waals surface area contributed by atoms with E-state index in [-0.39, 0.29) is 16.5 Å². The molecule has 0 saturated heterocycles. The minimum Gasteiger partial charge on any atom is -0.504 e. The maximum absolute atomic E-state index is 11.8. The SMILES string of the molecule is O=C(/C=C/c1ccc(Cl)cc1)Nc1cc(Cl)cc(Cl)c1O. The summed E-state index contributed by atoms with van der Waals surface area (Å²) in [5.74, 6) is -0.645. The van der Waals surface area contributed by atoms with Gasteiger partial charge in [0.05, 0.1) is 10.7 Å². The van der Waals surface area contributed by atoms with Gasteiger partial charge in [0.2, 0.25) is 5.91 Å². The van der Waals surface area contributed by atoms with Crippen LogP contribution >= 0.6 is 34.8 Å². The standard InChI is InChI=1S/C15H10Cl3NO2/c16-10-4-1-9(2-5-10)3-6-14(20)19-13-8-11(17)7-12(18)15(13)21/h1-8,21H,(H,19,20)/b6-3+. The zero-order chi connectivity index (χ0) is 15.4. The molecule has 0 spiro atoms. The van der Waals surface area contributed by atoms with Gasteiger partial charge in [-0.05, 0) is 35.9 Å². The first kappa shape index (κ1) is 15.7. The Hall–Kier alpha value is -1.68. The second kappa shape index (κ2) is 6.85. The third kappa shape index (κ3) is 4.39. The van der Waals surface area contributed by atoms with Crippen molar-refractivity contribution in [1.82, 2.24) is 0 Å². The van der Waals surface area contributed by atoms with Gasteiger partial charge in [-0.25, -0.2) is 0 Å². The molecule has 0 fully saturated rings. The molecule has 0 unspecified atom stereocenters. The van der Waals surface area contributed by atoms with Crippen molar-refractivity contribution in [3.05, 3.63) is 63.1 Å². The van der Waals surface area contributed by atoms with Crippen LogP contribution in [0.2, 0.25) is 15.1 Å². The zero-order valence-corrected chi connectivity index (χ0v) is 12.9. The number of phenolic OH excluding ortho intramolecular Hbond substituents is 1. The van der Waals surface area contributed by atoms with Crippen LogP contribution in [0.4, 0.5) is 5.69 Å². The summed E-state index contributed by atoms with van der Waals surface area (Å²) < 4.78 is 0. The first-order chi connectivity index (χ1) is 9.95. The smallest absolute Gasteiger partial charge is 0.248 e. The van der Waals surface area contributed by atoms with Crippen molar-refractivity contribution in [3.63, 3.8) is 0 Å². The van der Waals surface area contributed by atoms with Gasteiger partial charge in [-0.2, -0.15) is 0 Å². The number of aromatic hydroxyl groups is 1. The Morgan fingerprint density at radius 2 is 1.71 bits per heavy atom. The molecule has 6 heteroatoms. The summed E-state index contributed by atoms with van der Waals surface area (Å²) in [7, 11) is 0. The van der Waals surface area contributed by atoms with Crippen LogP contribution in [-0.2, 0) is 4.79 Å². The number of benzene rings is 2. The summed E-state index contributed by atoms with van der Waals surface area (Å²) in [6.07, 6.45) is 2.95. The lowest BCUT2D eigenvalue weighted by atomic mass is 10.2. The summed E-state index contributed by atoms with van der Waals surface area (Å²) in [5, 5.41) is 13.2. The molecule has 0 saturated carbocycles. The van der Waals surface area contributed by atoms with E-state index in [4.69, 9.17) is 34.8 Å². The van der Waals surface area contributed by atoms with E-state index in [2.05, 4.69) is 5.32 Å². The fourth-order valence-electron chi connectivity index (χ4n) is 1.58. The molecular formula is C15H10Cl3NO2. The number of hydrogen-bond donors (Lipinski definition) is 2. The second-order valence-corrected chi connectivity index (χ2v) is 5.44. The number of hydrogen-bond acceptors (Lipinski definition) is 2. The predicted molar refractivity (Wildman–Crippen MR) is 87.2 cm³/mol. The van der Waals surface area contributed by atoms with E-state index in [1.54, 1.807) is 30.3 Å². The van der Waals surface area contributed by atoms with Crippen molar-refractivity contribution in [2.24, 2.45) is 0 Å². The van der Waals surface area contributed by atoms with Gasteiger partial charge in [0.15, 0.2) is 5.75 Å². The van der Waals surface area contributed by atoms with Crippen molar-refractivity contribution in [1.29, 1.82) is 0 Å². The van der Waals surface area contributed by atoms with Crippen LogP contribution < -0.4 is 5.32 Å². The van der Waals surface area contributed by atoms with Crippen molar-refractivity contribution in [2.45, 2.75) is 0 Å². The molecular weight excluding hydrogens is 333 g/mol. The summed E-state index contributed by atoms with van der Waals surface area (Å²) >= 11 is 17.4. The van der Waals surface area contributed by atoms with Crippen molar-refractivity contribution in [3.8, 4) is 5.75 Å². The van der Waals surface area contributed by atoms with Gasteiger partial charge in [-0.3, -0.25) is 4.79 Å². The van der Waals surface area contributed by atoms with Crippen LogP contribution in [0.3, 0.4) is 0 Å². The molecule has 2 aromatic rings. The highest BCUT2D eigenvalue weighted by Crippen LogP contribution is 2.34. The molecule has 0 atom stereocenters. The second-order valence-electron chi connectivity index (χ2n) is 4.16. The van der Waals surface area contributed by atoms with E-state index in [0.717, 1.165) is 5.56 Å². The molecule has 0 radical (unpaired) electrons. The monoisotopic (exact) mass is 341 g/mol. The highest BCUT2D eigenvalue weighted by Gasteiger charge is 2.09. The van der Waals surface area contributed by atoms with Gasteiger partial charge >= 0.3 is 0 Å². The summed E-state index contributed by atoms with van der Waals surface area (Å²) in [4.78, 5) is 11.8. The van der Waals surface area contributed by atoms with Gasteiger partial charge in [0, 0.05) is 16.1 Å². The number of rotatable bonds is 3. The third-order valence-corrected chi connectivity index (χ3v) is 3.34. The molecule has 0 aromatic heterocycles. The Balaban J connectivity index is 2.10. The van der Waals surface area contributed by atoms with E-state index in [1.807, 2.05) is 0 Å². The Kier molecular flexibility index (Phi) is 5.12. The number of nitrogens with one attached hydrogen (secondary N) is 1. The van der Waals surface area contributed by atoms with Crippen LogP contribution in [0, 0.1) is 0 Å². The predicted octanol–water partition coefficient (Wildman–Crippen LogP) is 5.00. The number of carbonyl (C=O) groups is 1. The van der Waals surface area contributed by atoms with E-state index in [1.165, 1.54) is 18.2 Å². The molecule has 0 bridgehead atoms. The number of carbonyl (C=O) groups excluding carboxylic acids is 1. The van der Waals surface area contributed by atoms with E-state index in [9.17, 15) is 9.90 Å². The number of amides is 1. The van der Waals surface area contributed by atoms with Gasteiger partial charge in [-0.1, -0.05) is 46.9 Å². The third-order valence-electron chi connectivity index (χ3n) is 2.58. The number of anilines is 1. The number of phenols is 1. The Labute approximate surface area is 136 Å². The molecule has 0 aliphatic heterocycles. The fourth-order valence-corrected chi connectivity index (χ4v) is 2.20. The van der Waals surface area contributed by atoms with Crippen LogP contribution in [0.1, 0.15) is 5.56 Å². The number of halogens is 3. The largest absolute Gasteiger partial charge is 0.504 e. The zero-order valence-electron chi connectivity index (χ0n) is 10.6. The molecule has 3 nitrogen and oxygen atoms in total. The fraction of sp³-hybridized carbons (Fsp3) is 0. The summed E-state index contributed by atoms with van der Waals surface area (Å²) in [5.41, 5.74) is 0.973. The summed E-state index contributed by atoms with van der Waals surface area (Å²) in [6.45, 7) is 0. The maximum atomic E-state index is 11.8. The molecule has 0 aliphatic rings. The van der Waals surface area contributed by atoms with Crippen LogP contribution in [-0.4, -0.2) is 11.0 Å². The lowest BCUT2D eigenvalue weighted by molar-refractivity contribution is -0.111. The van der Waals surface area contributed by atoms with Gasteiger partial charge < -0.3 is 10.4 Å². The van der Waals surface area contributed by atoms with Crippen molar-refractivity contribution in [2.75, 3.05) is 5.32 Å². The molecule has 0 heterocycles. The van der Waals surface area contributed by atoms with Gasteiger partial charge in [0.1, 0.15) is 0 Å². The van der Waals surface area contributed by atoms with Crippen LogP contribution in [0.15, 0.2) is 42.5 Å². The molecule has 2 rings (SSSR count). The lowest BCUT2D eigenvalue weighted by Gasteiger charge is -2.07. The van der Waals surface area contributed by atoms with Gasteiger partial charge in [-0.15, -0.1) is 0 Å². The Morgan fingerprint density at radius 3 is 2.38 bits per heavy atom. The van der Waals surface area contributed by atoms with E-state index >= 15 is 0 Å². The van der Waals surface area contributed by atoms with Crippen LogP contribution in [0.5, 0.6) is 5.75 Å². The molecule has 1 amide bonds.